The summed E-state index contributed by atoms with van der Waals surface area (Å²) in [6.45, 7) is 15.0. The fourth-order valence-corrected chi connectivity index (χ4v) is 20.2. The number of phenolic OH excluding ortho intramolecular Hbond substituents is 1. The lowest BCUT2D eigenvalue weighted by Gasteiger charge is -2.40. The summed E-state index contributed by atoms with van der Waals surface area (Å²) in [7, 11) is 0. The number of carbonyl (C=O) groups excluding carboxylic acids is 1. The predicted molar refractivity (Wildman–Crippen MR) is 414 cm³/mol. The summed E-state index contributed by atoms with van der Waals surface area (Å²) in [5.41, 5.74) is 8.23. The Labute approximate surface area is 623 Å². The highest BCUT2D eigenvalue weighted by Gasteiger charge is 2.63. The van der Waals surface area contributed by atoms with Crippen LogP contribution >= 0.6 is 175 Å². The molecule has 93 heavy (non-hydrogen) atoms. The number of phenols is 1. The Hall–Kier alpha value is -3.28. The van der Waals surface area contributed by atoms with Gasteiger partial charge in [-0.1, -0.05) is 160 Å². The predicted octanol–water partition coefficient (Wildman–Crippen LogP) is 26.9. The van der Waals surface area contributed by atoms with Gasteiger partial charge in [0, 0.05) is 75.3 Å². The highest BCUT2D eigenvalue weighted by atomic mass is 79.9. The molecule has 4 aromatic carbocycles. The Morgan fingerprint density at radius 2 is 1.20 bits per heavy atom. The fraction of sp³-hybridized carbons (Fsp3) is 0.301. The van der Waals surface area contributed by atoms with Gasteiger partial charge in [-0.3, -0.25) is 4.79 Å². The van der Waals surface area contributed by atoms with E-state index in [0.29, 0.717) is 53.9 Å². The van der Waals surface area contributed by atoms with Crippen molar-refractivity contribution in [1.82, 2.24) is 0 Å². The number of carbonyl (C=O) groups is 1. The maximum absolute atomic E-state index is 15.0. The van der Waals surface area contributed by atoms with Crippen LogP contribution in [0.2, 0.25) is 4.34 Å². The van der Waals surface area contributed by atoms with Gasteiger partial charge in [0.25, 0.3) is 0 Å². The molecule has 5 nitrogen and oxygen atoms in total. The molecule has 20 heteroatoms. The number of halogens is 9. The lowest BCUT2D eigenvalue weighted by Crippen LogP contribution is -2.37. The molecule has 4 saturated carbocycles. The van der Waals surface area contributed by atoms with Gasteiger partial charge < -0.3 is 20.1 Å². The van der Waals surface area contributed by atoms with E-state index in [1.807, 2.05) is 94.8 Å². The number of nitrogens with one attached hydrogen (secondary N) is 1. The first kappa shape index (κ1) is 71.0. The molecule has 17 rings (SSSR count). The summed E-state index contributed by atoms with van der Waals surface area (Å²) >= 11 is 36.9. The third kappa shape index (κ3) is 16.9. The second-order valence-electron chi connectivity index (χ2n) is 25.2. The molecule has 0 radical (unpaired) electrons. The van der Waals surface area contributed by atoms with Crippen molar-refractivity contribution in [3.63, 3.8) is 0 Å². The fourth-order valence-electron chi connectivity index (χ4n) is 11.3. The first-order valence-corrected chi connectivity index (χ1v) is 40.5. The number of allylic oxidation sites excluding steroid dienone is 1. The van der Waals surface area contributed by atoms with E-state index in [-0.39, 0.29) is 33.1 Å². The van der Waals surface area contributed by atoms with E-state index in [1.54, 1.807) is 38.9 Å². The molecule has 4 fully saturated rings. The first-order chi connectivity index (χ1) is 44.3. The van der Waals surface area contributed by atoms with Gasteiger partial charge in [0.15, 0.2) is 6.29 Å². The minimum Gasteiger partial charge on any atom is -0.507 e. The standard InChI is InChI=1S/C23H18Br2FNOS.C14H10Br2FNO.C9H10OS.C8H8Br2S.C8H10S.C7H8S.C4H3ClS/c1-23(6-7-23)20-5-4-19(29-20)22-27-16-3-2-13(24)8-12(16)9-17(27)21-15(26)10-14(25)11-18(21)28-22;15-8-1-2-11-7(3-8)4-12(18-11)14-10(17)5-9(16)6-13(14)19;1-9(4-5-9)8-3-2-7(6-10)11-8;1-7(5-8(7,9)10)6-3-2-4-11-6;1-8(4-5-8)7-3-2-6-9-7;1-6(2)7-4-3-5-8-7;5-4-2-1-3-6-4/h2-5,8,10-11,17,22H,6-7,9H2,1H3;1-3,5-6,12,18-19H,4H2;2-3,6H,4-5H2,1H3;2-4H,5H2,1H3;2-3,6H,4-5H2,1H3;3-5H,1H2,2H3;1-3H. The number of alkyl halides is 2. The Morgan fingerprint density at radius 3 is 1.73 bits per heavy atom. The maximum atomic E-state index is 15.0. The first-order valence-electron chi connectivity index (χ1n) is 30.2. The number of rotatable bonds is 8. The van der Waals surface area contributed by atoms with Crippen molar-refractivity contribution in [1.29, 1.82) is 0 Å². The number of anilines is 2. The molecule has 0 saturated heterocycles. The molecule has 4 atom stereocenters. The zero-order valence-electron chi connectivity index (χ0n) is 51.5. The van der Waals surface area contributed by atoms with Crippen molar-refractivity contribution in [3.05, 3.63) is 252 Å². The van der Waals surface area contributed by atoms with Gasteiger partial charge in [-0.2, -0.15) is 0 Å². The molecule has 486 valence electrons. The number of fused-ring (bicyclic) bond motifs is 6. The molecule has 10 aromatic rings. The highest BCUT2D eigenvalue weighted by Crippen LogP contribution is 2.67. The lowest BCUT2D eigenvalue weighted by molar-refractivity contribution is 0.112. The number of aldehydes is 1. The molecule has 4 unspecified atom stereocenters. The number of thiophene rings is 6. The van der Waals surface area contributed by atoms with Gasteiger partial charge in [-0.25, -0.2) is 8.78 Å². The molecule has 0 spiro atoms. The van der Waals surface area contributed by atoms with E-state index in [2.05, 4.69) is 223 Å². The molecular weight excluding hydrogens is 1700 g/mol. The number of nitrogens with zero attached hydrogens (tertiary/aromatic N) is 1. The summed E-state index contributed by atoms with van der Waals surface area (Å²) in [5, 5.41) is 21.5. The normalized spacial score (nSPS) is 20.5. The Bertz CT molecular complexity index is 4220. The largest absolute Gasteiger partial charge is 0.507 e. The van der Waals surface area contributed by atoms with Crippen molar-refractivity contribution < 1.29 is 23.4 Å². The second-order valence-corrected chi connectivity index (χ2v) is 39.3. The van der Waals surface area contributed by atoms with Crippen LogP contribution in [0.1, 0.15) is 159 Å². The summed E-state index contributed by atoms with van der Waals surface area (Å²) in [5.74, 6) is -0.0119. The molecule has 7 aliphatic rings. The molecular formula is C73H67Br6ClF2N2O3S6. The number of benzene rings is 4. The van der Waals surface area contributed by atoms with Gasteiger partial charge in [0.1, 0.15) is 23.1 Å². The minimum atomic E-state index is -0.406. The molecule has 9 heterocycles. The molecule has 0 amide bonds. The van der Waals surface area contributed by atoms with Gasteiger partial charge in [0.2, 0.25) is 6.23 Å². The molecule has 6 aromatic heterocycles. The smallest absolute Gasteiger partial charge is 0.208 e. The van der Waals surface area contributed by atoms with Crippen LogP contribution in [0, 0.1) is 11.6 Å². The molecule has 4 aliphatic carbocycles. The van der Waals surface area contributed by atoms with Crippen LogP contribution in [0.5, 0.6) is 11.5 Å². The van der Waals surface area contributed by atoms with E-state index in [0.717, 1.165) is 53.4 Å². The van der Waals surface area contributed by atoms with Crippen molar-refractivity contribution in [3.8, 4) is 11.5 Å². The monoisotopic (exact) mass is 1760 g/mol. The summed E-state index contributed by atoms with van der Waals surface area (Å²) in [6, 6.07) is 43.3. The number of ether oxygens (including phenoxy) is 1. The minimum absolute atomic E-state index is 0.0313. The van der Waals surface area contributed by atoms with Crippen LogP contribution in [0.3, 0.4) is 0 Å². The van der Waals surface area contributed by atoms with Crippen LogP contribution in [0.4, 0.5) is 20.2 Å². The highest BCUT2D eigenvalue weighted by molar-refractivity contribution is 9.25. The van der Waals surface area contributed by atoms with Crippen LogP contribution < -0.4 is 15.0 Å². The lowest BCUT2D eigenvalue weighted by atomic mass is 9.99. The van der Waals surface area contributed by atoms with E-state index in [4.69, 9.17) is 16.3 Å². The van der Waals surface area contributed by atoms with Crippen LogP contribution in [-0.4, -0.2) is 14.6 Å². The van der Waals surface area contributed by atoms with E-state index >= 15 is 4.39 Å². The topological polar surface area (TPSA) is 61.8 Å². The number of aromatic hydroxyl groups is 1. The average molecular weight is 1770 g/mol. The SMILES string of the molecule is C=C(C)c1cccs1.CC1(c2ccc(C3Oc4cc(Br)cc(F)c4C4Cc5cc(Br)ccc5N43)s2)CC1.CC1(c2ccc(C=O)s2)CC1.CC1(c2cccs2)CC1.CC1(c2cccs2)CC1(Br)Br.Clc1cccs1.Oc1cc(Br)cc(F)c1C1Cc2cc(Br)ccc2N1. The van der Waals surface area contributed by atoms with Crippen molar-refractivity contribution in [2.45, 2.75) is 136 Å². The molecule has 3 aliphatic heterocycles. The van der Waals surface area contributed by atoms with Gasteiger partial charge >= 0.3 is 0 Å². The molecule has 0 bridgehead atoms. The van der Waals surface area contributed by atoms with Crippen LogP contribution in [0.15, 0.2) is 179 Å². The van der Waals surface area contributed by atoms with Gasteiger partial charge in [-0.05, 0) is 218 Å². The van der Waals surface area contributed by atoms with E-state index in [9.17, 15) is 14.3 Å². The van der Waals surface area contributed by atoms with E-state index in [1.165, 1.54) is 93.1 Å². The Morgan fingerprint density at radius 1 is 0.645 bits per heavy atom. The van der Waals surface area contributed by atoms with Gasteiger partial charge in [-0.15, -0.1) is 68.0 Å². The zero-order chi connectivity index (χ0) is 66.2. The van der Waals surface area contributed by atoms with Crippen molar-refractivity contribution >= 4 is 198 Å². The van der Waals surface area contributed by atoms with Crippen molar-refractivity contribution in [2.24, 2.45) is 0 Å². The van der Waals surface area contributed by atoms with Crippen LogP contribution in [-0.2, 0) is 34.5 Å². The Kier molecular flexibility index (Phi) is 22.6. The Balaban J connectivity index is 0.000000119. The maximum Gasteiger partial charge on any atom is 0.208 e. The summed E-state index contributed by atoms with van der Waals surface area (Å²) in [6.07, 6.45) is 11.2. The van der Waals surface area contributed by atoms with Crippen molar-refractivity contribution in [2.75, 3.05) is 10.2 Å². The second kappa shape index (κ2) is 29.7. The van der Waals surface area contributed by atoms with Gasteiger partial charge in [0.05, 0.1) is 40.5 Å². The summed E-state index contributed by atoms with van der Waals surface area (Å²) < 4.78 is 39.8. The molecule has 2 N–H and O–H groups in total. The third-order valence-electron chi connectivity index (χ3n) is 17.9. The average Bonchev–Trinajstić information content (AvgIpc) is 1.60. The third-order valence-corrected chi connectivity index (χ3v) is 29.2. The van der Waals surface area contributed by atoms with E-state index < -0.39 is 5.82 Å². The number of hydrogen-bond donors (Lipinski definition) is 2. The number of hydrogen-bond acceptors (Lipinski definition) is 11. The van der Waals surface area contributed by atoms with Crippen LogP contribution in [0.25, 0.3) is 5.57 Å². The summed E-state index contributed by atoms with van der Waals surface area (Å²) in [4.78, 5) is 21.8. The quantitative estimate of drug-likeness (QED) is 0.117. The zero-order valence-corrected chi connectivity index (χ0v) is 66.6.